The lowest BCUT2D eigenvalue weighted by atomic mass is 9.90. The summed E-state index contributed by atoms with van der Waals surface area (Å²) < 4.78 is 0. The van der Waals surface area contributed by atoms with E-state index in [2.05, 4.69) is 51.3 Å². The molecule has 1 aliphatic heterocycles. The number of hydrogen-bond donors (Lipinski definition) is 0. The monoisotopic (exact) mass is 268 g/mol. The number of rotatable bonds is 5. The van der Waals surface area contributed by atoms with E-state index in [4.69, 9.17) is 0 Å². The Morgan fingerprint density at radius 3 is 1.68 bits per heavy atom. The molecule has 19 heavy (non-hydrogen) atoms. The number of nitrogens with zero attached hydrogens (tertiary/aromatic N) is 2. The minimum Gasteiger partial charge on any atom is -0.301 e. The zero-order valence-corrected chi connectivity index (χ0v) is 14.3. The van der Waals surface area contributed by atoms with Crippen LogP contribution in [0.25, 0.3) is 0 Å². The summed E-state index contributed by atoms with van der Waals surface area (Å²) in [5, 5.41) is 0. The van der Waals surface area contributed by atoms with Crippen molar-refractivity contribution < 1.29 is 0 Å². The van der Waals surface area contributed by atoms with Crippen LogP contribution in [0.1, 0.15) is 60.8 Å². The van der Waals surface area contributed by atoms with Crippen molar-refractivity contribution in [3.63, 3.8) is 0 Å². The normalized spacial score (nSPS) is 19.9. The Morgan fingerprint density at radius 1 is 0.684 bits per heavy atom. The predicted molar refractivity (Wildman–Crippen MR) is 85.6 cm³/mol. The van der Waals surface area contributed by atoms with Gasteiger partial charge in [-0.2, -0.15) is 0 Å². The number of piperazine rings is 1. The largest absolute Gasteiger partial charge is 0.301 e. The van der Waals surface area contributed by atoms with Crippen LogP contribution in [-0.4, -0.2) is 49.1 Å². The molecule has 0 atom stereocenters. The molecule has 0 saturated carbocycles. The van der Waals surface area contributed by atoms with Gasteiger partial charge in [-0.15, -0.1) is 0 Å². The molecule has 2 nitrogen and oxygen atoms in total. The zero-order chi connectivity index (χ0) is 14.5. The predicted octanol–water partition coefficient (Wildman–Crippen LogP) is 3.87. The van der Waals surface area contributed by atoms with E-state index in [0.29, 0.717) is 10.8 Å². The van der Waals surface area contributed by atoms with Crippen LogP contribution in [0.15, 0.2) is 0 Å². The summed E-state index contributed by atoms with van der Waals surface area (Å²) in [5.41, 5.74) is 0.945. The lowest BCUT2D eigenvalue weighted by molar-refractivity contribution is 0.101. The first-order valence-electron chi connectivity index (χ1n) is 8.10. The summed E-state index contributed by atoms with van der Waals surface area (Å²) in [4.78, 5) is 5.29. The molecule has 0 aromatic rings. The van der Waals surface area contributed by atoms with Crippen molar-refractivity contribution in [2.24, 2.45) is 10.8 Å². The van der Waals surface area contributed by atoms with Crippen LogP contribution in [0.3, 0.4) is 0 Å². The Kier molecular flexibility index (Phi) is 6.32. The highest BCUT2D eigenvalue weighted by Crippen LogP contribution is 2.22. The van der Waals surface area contributed by atoms with E-state index in [-0.39, 0.29) is 0 Å². The summed E-state index contributed by atoms with van der Waals surface area (Å²) in [6.45, 7) is 21.7. The highest BCUT2D eigenvalue weighted by atomic mass is 15.3. The van der Waals surface area contributed by atoms with Crippen LogP contribution >= 0.6 is 0 Å². The molecule has 1 heterocycles. The van der Waals surface area contributed by atoms with Gasteiger partial charge < -0.3 is 9.80 Å². The Bertz CT molecular complexity index is 236. The van der Waals surface area contributed by atoms with Crippen molar-refractivity contribution >= 4 is 0 Å². The second kappa shape index (κ2) is 7.08. The molecule has 0 aromatic carbocycles. The van der Waals surface area contributed by atoms with Crippen molar-refractivity contribution in [3.8, 4) is 0 Å². The van der Waals surface area contributed by atoms with Crippen LogP contribution < -0.4 is 0 Å². The topological polar surface area (TPSA) is 6.48 Å². The van der Waals surface area contributed by atoms with Gasteiger partial charge in [0.2, 0.25) is 0 Å². The van der Waals surface area contributed by atoms with Gasteiger partial charge in [0.1, 0.15) is 0 Å². The first-order valence-corrected chi connectivity index (χ1v) is 8.10. The second-order valence-corrected chi connectivity index (χ2v) is 8.70. The Hall–Kier alpha value is -0.0800. The van der Waals surface area contributed by atoms with Crippen LogP contribution in [-0.2, 0) is 0 Å². The maximum absolute atomic E-state index is 2.65. The van der Waals surface area contributed by atoms with E-state index >= 15 is 0 Å². The molecule has 0 radical (unpaired) electrons. The van der Waals surface area contributed by atoms with Gasteiger partial charge in [-0.25, -0.2) is 0 Å². The third-order valence-electron chi connectivity index (χ3n) is 3.81. The zero-order valence-electron chi connectivity index (χ0n) is 14.3. The van der Waals surface area contributed by atoms with Gasteiger partial charge in [0.25, 0.3) is 0 Å². The van der Waals surface area contributed by atoms with Crippen molar-refractivity contribution in [2.75, 3.05) is 39.3 Å². The Labute approximate surface area is 121 Å². The third-order valence-corrected chi connectivity index (χ3v) is 3.81. The first kappa shape index (κ1) is 17.0. The lowest BCUT2D eigenvalue weighted by Crippen LogP contribution is -2.48. The Morgan fingerprint density at radius 2 is 1.21 bits per heavy atom. The summed E-state index contributed by atoms with van der Waals surface area (Å²) in [7, 11) is 0. The molecule has 0 aliphatic carbocycles. The summed E-state index contributed by atoms with van der Waals surface area (Å²) in [6.07, 6.45) is 4.11. The molecule has 0 spiro atoms. The van der Waals surface area contributed by atoms with Gasteiger partial charge in [-0.05, 0) is 30.2 Å². The third kappa shape index (κ3) is 8.65. The number of hydrogen-bond acceptors (Lipinski definition) is 2. The van der Waals surface area contributed by atoms with Crippen molar-refractivity contribution in [1.29, 1.82) is 0 Å². The van der Waals surface area contributed by atoms with Gasteiger partial charge in [-0.3, -0.25) is 0 Å². The maximum Gasteiger partial charge on any atom is 0.0110 e. The second-order valence-electron chi connectivity index (χ2n) is 8.70. The standard InChI is InChI=1S/C17H36N2/c1-16(2,3)9-7-8-10-18-11-13-19(14-12-18)15-17(4,5)6/h7-15H2,1-6H3. The minimum absolute atomic E-state index is 0.439. The average Bonchev–Trinajstić information content (AvgIpc) is 2.23. The molecule has 1 fully saturated rings. The summed E-state index contributed by atoms with van der Waals surface area (Å²) in [6, 6.07) is 0. The van der Waals surface area contributed by atoms with E-state index in [1.807, 2.05) is 0 Å². The molecule has 114 valence electrons. The highest BCUT2D eigenvalue weighted by Gasteiger charge is 2.21. The average molecular weight is 268 g/mol. The lowest BCUT2D eigenvalue weighted by Gasteiger charge is -2.37. The molecule has 1 rings (SSSR count). The maximum atomic E-state index is 2.65. The van der Waals surface area contributed by atoms with Crippen LogP contribution in [0.4, 0.5) is 0 Å². The number of unbranched alkanes of at least 4 members (excludes halogenated alkanes) is 1. The molecule has 0 bridgehead atoms. The van der Waals surface area contributed by atoms with Crippen molar-refractivity contribution in [2.45, 2.75) is 60.8 Å². The molecule has 1 aliphatic rings. The fourth-order valence-electron chi connectivity index (χ4n) is 2.83. The molecular formula is C17H36N2. The molecule has 0 amide bonds. The fourth-order valence-corrected chi connectivity index (χ4v) is 2.83. The minimum atomic E-state index is 0.439. The van der Waals surface area contributed by atoms with Gasteiger partial charge in [0.05, 0.1) is 0 Å². The smallest absolute Gasteiger partial charge is 0.0110 e. The van der Waals surface area contributed by atoms with E-state index in [1.54, 1.807) is 0 Å². The SMILES string of the molecule is CC(C)(C)CCCCN1CCN(CC(C)(C)C)CC1. The first-order chi connectivity index (χ1) is 8.66. The molecule has 1 saturated heterocycles. The van der Waals surface area contributed by atoms with Crippen LogP contribution in [0.2, 0.25) is 0 Å². The van der Waals surface area contributed by atoms with E-state index < -0.39 is 0 Å². The molecular weight excluding hydrogens is 232 g/mol. The van der Waals surface area contributed by atoms with Gasteiger partial charge >= 0.3 is 0 Å². The van der Waals surface area contributed by atoms with Crippen LogP contribution in [0.5, 0.6) is 0 Å². The van der Waals surface area contributed by atoms with Gasteiger partial charge in [0, 0.05) is 32.7 Å². The Balaban J connectivity index is 2.10. The molecule has 2 heteroatoms. The van der Waals surface area contributed by atoms with Crippen molar-refractivity contribution in [3.05, 3.63) is 0 Å². The van der Waals surface area contributed by atoms with Crippen molar-refractivity contribution in [1.82, 2.24) is 9.80 Å². The summed E-state index contributed by atoms with van der Waals surface area (Å²) in [5.74, 6) is 0. The molecule has 0 unspecified atom stereocenters. The van der Waals surface area contributed by atoms with E-state index in [9.17, 15) is 0 Å². The molecule has 0 aromatic heterocycles. The fraction of sp³-hybridized carbons (Fsp3) is 1.00. The van der Waals surface area contributed by atoms with Gasteiger partial charge in [-0.1, -0.05) is 48.0 Å². The van der Waals surface area contributed by atoms with Gasteiger partial charge in [0.15, 0.2) is 0 Å². The highest BCUT2D eigenvalue weighted by molar-refractivity contribution is 4.76. The van der Waals surface area contributed by atoms with Crippen LogP contribution in [0, 0.1) is 10.8 Å². The molecule has 0 N–H and O–H groups in total. The summed E-state index contributed by atoms with van der Waals surface area (Å²) >= 11 is 0. The van der Waals surface area contributed by atoms with E-state index in [0.717, 1.165) is 0 Å². The quantitative estimate of drug-likeness (QED) is 0.699. The van der Waals surface area contributed by atoms with E-state index in [1.165, 1.54) is 58.5 Å².